The highest BCUT2D eigenvalue weighted by atomic mass is 32.1. The second kappa shape index (κ2) is 5.25. The van der Waals surface area contributed by atoms with Gasteiger partial charge in [-0.1, -0.05) is 18.9 Å². The topological polar surface area (TPSA) is 27.7 Å². The first kappa shape index (κ1) is 13.9. The van der Waals surface area contributed by atoms with Crippen LogP contribution in [-0.2, 0) is 4.74 Å². The molecule has 2 aromatic rings. The molecule has 3 atom stereocenters. The lowest BCUT2D eigenvalue weighted by atomic mass is 9.80. The summed E-state index contributed by atoms with van der Waals surface area (Å²) in [5.41, 5.74) is 2.55. The number of hydrogen-bond donors (Lipinski definition) is 0. The molecule has 1 fully saturated rings. The van der Waals surface area contributed by atoms with Crippen LogP contribution in [0, 0.1) is 6.92 Å². The fourth-order valence-corrected chi connectivity index (χ4v) is 5.43. The van der Waals surface area contributed by atoms with Crippen LogP contribution < -0.4 is 9.47 Å². The lowest BCUT2D eigenvalue weighted by Crippen LogP contribution is -2.32. The molecule has 1 saturated carbocycles. The first-order valence-electron chi connectivity index (χ1n) is 8.45. The van der Waals surface area contributed by atoms with Gasteiger partial charge in [0.25, 0.3) is 0 Å². The molecule has 1 aliphatic carbocycles. The third-order valence-electron chi connectivity index (χ3n) is 5.25. The lowest BCUT2D eigenvalue weighted by Gasteiger charge is -2.39. The Hall–Kier alpha value is -1.52. The largest absolute Gasteiger partial charge is 0.454 e. The van der Waals surface area contributed by atoms with Crippen molar-refractivity contribution in [3.05, 3.63) is 45.1 Å². The monoisotopic (exact) mass is 328 g/mol. The fourth-order valence-electron chi connectivity index (χ4n) is 4.19. The maximum atomic E-state index is 6.59. The van der Waals surface area contributed by atoms with E-state index in [2.05, 4.69) is 25.1 Å². The quantitative estimate of drug-likeness (QED) is 0.743. The van der Waals surface area contributed by atoms with E-state index < -0.39 is 0 Å². The van der Waals surface area contributed by atoms with Crippen molar-refractivity contribution in [3.63, 3.8) is 0 Å². The van der Waals surface area contributed by atoms with Crippen molar-refractivity contribution < 1.29 is 14.2 Å². The van der Waals surface area contributed by atoms with Crippen molar-refractivity contribution in [2.45, 2.75) is 50.7 Å². The van der Waals surface area contributed by atoms with Crippen molar-refractivity contribution in [1.82, 2.24) is 0 Å². The standard InChI is InChI=1S/C19H20O3S/c1-11-8-14-18(12-6-7-16-17(9-12)21-10-20-16)22-15-5-3-2-4-13(15)19(14)23-11/h6-9,13,15,18H,2-5,10H2,1H3. The third-order valence-corrected chi connectivity index (χ3v) is 6.44. The van der Waals surface area contributed by atoms with Gasteiger partial charge < -0.3 is 14.2 Å². The van der Waals surface area contributed by atoms with Crippen LogP contribution in [0.5, 0.6) is 11.5 Å². The molecule has 5 rings (SSSR count). The maximum Gasteiger partial charge on any atom is 0.231 e. The Morgan fingerprint density at radius 3 is 2.87 bits per heavy atom. The minimum Gasteiger partial charge on any atom is -0.454 e. The number of fused-ring (bicyclic) bond motifs is 4. The normalized spacial score (nSPS) is 28.3. The van der Waals surface area contributed by atoms with Crippen molar-refractivity contribution in [3.8, 4) is 11.5 Å². The molecule has 0 spiro atoms. The van der Waals surface area contributed by atoms with Gasteiger partial charge in [0, 0.05) is 15.7 Å². The molecule has 2 aliphatic heterocycles. The Morgan fingerprint density at radius 1 is 1.04 bits per heavy atom. The fraction of sp³-hybridized carbons (Fsp3) is 0.474. The van der Waals surface area contributed by atoms with Gasteiger partial charge in [-0.05, 0) is 49.1 Å². The van der Waals surface area contributed by atoms with Gasteiger partial charge in [0.1, 0.15) is 6.10 Å². The minimum absolute atomic E-state index is 0.0313. The van der Waals surface area contributed by atoms with Gasteiger partial charge in [-0.2, -0.15) is 0 Å². The Balaban J connectivity index is 1.59. The van der Waals surface area contributed by atoms with Crippen LogP contribution in [0.2, 0.25) is 0 Å². The maximum absolute atomic E-state index is 6.59. The van der Waals surface area contributed by atoms with E-state index in [0.29, 0.717) is 18.8 Å². The molecule has 0 bridgehead atoms. The van der Waals surface area contributed by atoms with E-state index in [1.807, 2.05) is 17.4 Å². The van der Waals surface area contributed by atoms with Gasteiger partial charge >= 0.3 is 0 Å². The van der Waals surface area contributed by atoms with Crippen LogP contribution in [0.15, 0.2) is 24.3 Å². The molecule has 3 nitrogen and oxygen atoms in total. The van der Waals surface area contributed by atoms with Crippen molar-refractivity contribution >= 4 is 11.3 Å². The zero-order chi connectivity index (χ0) is 15.4. The number of rotatable bonds is 1. The average Bonchev–Trinajstić information content (AvgIpc) is 3.19. The van der Waals surface area contributed by atoms with Gasteiger partial charge in [0.05, 0.1) is 6.10 Å². The molecule has 0 N–H and O–H groups in total. The number of benzene rings is 1. The number of hydrogen-bond acceptors (Lipinski definition) is 4. The second-order valence-electron chi connectivity index (χ2n) is 6.73. The number of thiophene rings is 1. The van der Waals surface area contributed by atoms with Gasteiger partial charge in [0.2, 0.25) is 6.79 Å². The van der Waals surface area contributed by atoms with Crippen LogP contribution in [0.4, 0.5) is 0 Å². The molecule has 23 heavy (non-hydrogen) atoms. The average molecular weight is 328 g/mol. The smallest absolute Gasteiger partial charge is 0.231 e. The van der Waals surface area contributed by atoms with Crippen LogP contribution in [0.25, 0.3) is 0 Å². The van der Waals surface area contributed by atoms with Gasteiger partial charge in [-0.3, -0.25) is 0 Å². The SMILES string of the molecule is Cc1cc2c(s1)C1CCCCC1OC2c1ccc2c(c1)OCO2. The highest BCUT2D eigenvalue weighted by Crippen LogP contribution is 2.50. The van der Waals surface area contributed by atoms with E-state index in [1.165, 1.54) is 41.7 Å². The van der Waals surface area contributed by atoms with Crippen LogP contribution in [0.1, 0.15) is 58.6 Å². The molecule has 1 aromatic heterocycles. The molecular formula is C19H20O3S. The summed E-state index contributed by atoms with van der Waals surface area (Å²) < 4.78 is 17.6. The van der Waals surface area contributed by atoms with Crippen molar-refractivity contribution in [2.75, 3.05) is 6.79 Å². The summed E-state index contributed by atoms with van der Waals surface area (Å²) in [7, 11) is 0. The minimum atomic E-state index is 0.0313. The van der Waals surface area contributed by atoms with Crippen LogP contribution in [0.3, 0.4) is 0 Å². The molecule has 0 saturated heterocycles. The summed E-state index contributed by atoms with van der Waals surface area (Å²) >= 11 is 1.96. The second-order valence-corrected chi connectivity index (χ2v) is 8.02. The van der Waals surface area contributed by atoms with E-state index >= 15 is 0 Å². The molecule has 0 amide bonds. The van der Waals surface area contributed by atoms with E-state index in [9.17, 15) is 0 Å². The summed E-state index contributed by atoms with van der Waals surface area (Å²) in [6.45, 7) is 2.52. The summed E-state index contributed by atoms with van der Waals surface area (Å²) in [5.74, 6) is 2.27. The molecule has 3 aliphatic rings. The molecule has 0 radical (unpaired) electrons. The van der Waals surface area contributed by atoms with Crippen LogP contribution >= 0.6 is 11.3 Å². The van der Waals surface area contributed by atoms with Gasteiger partial charge in [0.15, 0.2) is 11.5 Å². The Bertz CT molecular complexity index is 751. The third kappa shape index (κ3) is 2.19. The zero-order valence-corrected chi connectivity index (χ0v) is 14.0. The van der Waals surface area contributed by atoms with Gasteiger partial charge in [-0.15, -0.1) is 11.3 Å². The number of aryl methyl sites for hydroxylation is 1. The van der Waals surface area contributed by atoms with E-state index in [0.717, 1.165) is 11.5 Å². The molecule has 1 aromatic carbocycles. The summed E-state index contributed by atoms with van der Waals surface area (Å²) in [5, 5.41) is 0. The van der Waals surface area contributed by atoms with E-state index in [1.54, 1.807) is 4.88 Å². The van der Waals surface area contributed by atoms with Gasteiger partial charge in [-0.25, -0.2) is 0 Å². The molecule has 120 valence electrons. The summed E-state index contributed by atoms with van der Waals surface area (Å²) in [6.07, 6.45) is 5.46. The molecular weight excluding hydrogens is 308 g/mol. The summed E-state index contributed by atoms with van der Waals surface area (Å²) in [6, 6.07) is 8.54. The van der Waals surface area contributed by atoms with E-state index in [4.69, 9.17) is 14.2 Å². The molecule has 3 unspecified atom stereocenters. The predicted molar refractivity (Wildman–Crippen MR) is 89.5 cm³/mol. The molecule has 4 heteroatoms. The van der Waals surface area contributed by atoms with Crippen molar-refractivity contribution in [2.24, 2.45) is 0 Å². The van der Waals surface area contributed by atoms with Crippen LogP contribution in [-0.4, -0.2) is 12.9 Å². The zero-order valence-electron chi connectivity index (χ0n) is 13.2. The Morgan fingerprint density at radius 2 is 1.91 bits per heavy atom. The predicted octanol–water partition coefficient (Wildman–Crippen LogP) is 4.93. The van der Waals surface area contributed by atoms with E-state index in [-0.39, 0.29) is 6.10 Å². The highest BCUT2D eigenvalue weighted by Gasteiger charge is 2.39. The summed E-state index contributed by atoms with van der Waals surface area (Å²) in [4.78, 5) is 2.94. The number of ether oxygens (including phenoxy) is 3. The Labute approximate surface area is 140 Å². The lowest BCUT2D eigenvalue weighted by molar-refractivity contribution is -0.0374. The Kier molecular flexibility index (Phi) is 3.17. The van der Waals surface area contributed by atoms with Crippen molar-refractivity contribution in [1.29, 1.82) is 0 Å². The first-order valence-corrected chi connectivity index (χ1v) is 9.26. The first-order chi connectivity index (χ1) is 11.3. The molecule has 3 heterocycles. The highest BCUT2D eigenvalue weighted by molar-refractivity contribution is 7.12.